The number of nitrogens with one attached hydrogen (secondary N) is 1. The number of thioether (sulfide) groups is 2. The quantitative estimate of drug-likeness (QED) is 0.556. The van der Waals surface area contributed by atoms with Crippen molar-refractivity contribution < 1.29 is 9.63 Å². The van der Waals surface area contributed by atoms with Gasteiger partial charge < -0.3 is 5.32 Å². The Labute approximate surface area is 92.2 Å². The Hall–Kier alpha value is -0.360. The molecule has 0 aromatic heterocycles. The van der Waals surface area contributed by atoms with Crippen molar-refractivity contribution in [3.8, 4) is 0 Å². The maximum absolute atomic E-state index is 10.8. The van der Waals surface area contributed by atoms with Crippen LogP contribution < -0.4 is 5.32 Å². The van der Waals surface area contributed by atoms with E-state index < -0.39 is 6.09 Å². The van der Waals surface area contributed by atoms with Crippen molar-refractivity contribution in [1.82, 2.24) is 5.32 Å². The van der Waals surface area contributed by atoms with Crippen molar-refractivity contribution in [2.75, 3.05) is 18.6 Å². The number of hydrogen-bond donors (Lipinski definition) is 1. The minimum atomic E-state index is -0.524. The number of carbonyl (C=O) groups is 1. The molecule has 1 heterocycles. The lowest BCUT2D eigenvalue weighted by molar-refractivity contribution is 0.153. The van der Waals surface area contributed by atoms with Gasteiger partial charge >= 0.3 is 6.09 Å². The van der Waals surface area contributed by atoms with Crippen LogP contribution in [0.4, 0.5) is 4.79 Å². The standard InChI is InChI=1S/C8H14N2O2S2/c1-8(2)6(13-4-5-14-8)10-12-7(11)9-3/h4-5H2,1-3H3,(H,9,11)/b10-6-. The third-order valence-electron chi connectivity index (χ3n) is 1.72. The molecule has 0 bridgehead atoms. The molecule has 1 N–H and O–H groups in total. The largest absolute Gasteiger partial charge is 0.433 e. The van der Waals surface area contributed by atoms with E-state index in [-0.39, 0.29) is 4.75 Å². The summed E-state index contributed by atoms with van der Waals surface area (Å²) in [6.45, 7) is 4.16. The van der Waals surface area contributed by atoms with Crippen LogP contribution in [0, 0.1) is 0 Å². The van der Waals surface area contributed by atoms with Crippen LogP contribution in [0.1, 0.15) is 13.8 Å². The van der Waals surface area contributed by atoms with E-state index in [9.17, 15) is 4.79 Å². The molecule has 0 aliphatic carbocycles. The summed E-state index contributed by atoms with van der Waals surface area (Å²) in [7, 11) is 1.51. The van der Waals surface area contributed by atoms with E-state index in [0.717, 1.165) is 16.5 Å². The fourth-order valence-electron chi connectivity index (χ4n) is 0.936. The number of amides is 1. The smallest absolute Gasteiger partial charge is 0.323 e. The SMILES string of the molecule is CNC(=O)O/N=C1\SCCSC1(C)C. The van der Waals surface area contributed by atoms with Crippen LogP contribution in [0.25, 0.3) is 0 Å². The summed E-state index contributed by atoms with van der Waals surface area (Å²) in [6.07, 6.45) is -0.524. The summed E-state index contributed by atoms with van der Waals surface area (Å²) in [6, 6.07) is 0. The van der Waals surface area contributed by atoms with Gasteiger partial charge in [0.1, 0.15) is 5.04 Å². The van der Waals surface area contributed by atoms with Crippen LogP contribution in [-0.2, 0) is 4.84 Å². The lowest BCUT2D eigenvalue weighted by Gasteiger charge is -2.28. The Morgan fingerprint density at radius 3 is 2.86 bits per heavy atom. The van der Waals surface area contributed by atoms with Gasteiger partial charge in [0.2, 0.25) is 0 Å². The van der Waals surface area contributed by atoms with Crippen molar-refractivity contribution >= 4 is 34.7 Å². The molecule has 4 nitrogen and oxygen atoms in total. The Bertz CT molecular complexity index is 254. The molecule has 0 saturated carbocycles. The highest BCUT2D eigenvalue weighted by Gasteiger charge is 2.30. The molecular formula is C8H14N2O2S2. The van der Waals surface area contributed by atoms with E-state index in [2.05, 4.69) is 29.2 Å². The van der Waals surface area contributed by atoms with Crippen LogP contribution in [-0.4, -0.2) is 34.4 Å². The van der Waals surface area contributed by atoms with E-state index in [1.165, 1.54) is 7.05 Å². The van der Waals surface area contributed by atoms with Gasteiger partial charge in [0.25, 0.3) is 0 Å². The van der Waals surface area contributed by atoms with E-state index in [4.69, 9.17) is 0 Å². The molecular weight excluding hydrogens is 220 g/mol. The zero-order valence-electron chi connectivity index (χ0n) is 8.49. The second kappa shape index (κ2) is 4.93. The average Bonchev–Trinajstić information content (AvgIpc) is 2.15. The fourth-order valence-corrected chi connectivity index (χ4v) is 3.26. The predicted molar refractivity (Wildman–Crippen MR) is 62.0 cm³/mol. The van der Waals surface area contributed by atoms with E-state index in [1.54, 1.807) is 11.8 Å². The lowest BCUT2D eigenvalue weighted by atomic mass is 10.2. The van der Waals surface area contributed by atoms with Gasteiger partial charge in [0, 0.05) is 18.6 Å². The lowest BCUT2D eigenvalue weighted by Crippen LogP contribution is -2.31. The normalized spacial score (nSPS) is 23.2. The zero-order valence-corrected chi connectivity index (χ0v) is 10.1. The third kappa shape index (κ3) is 3.09. The van der Waals surface area contributed by atoms with Crippen molar-refractivity contribution in [1.29, 1.82) is 0 Å². The first-order valence-corrected chi connectivity index (χ1v) is 6.27. The minimum Gasteiger partial charge on any atom is -0.323 e. The first-order chi connectivity index (χ1) is 6.56. The molecule has 1 fully saturated rings. The highest BCUT2D eigenvalue weighted by molar-refractivity contribution is 8.18. The van der Waals surface area contributed by atoms with Crippen molar-refractivity contribution in [3.05, 3.63) is 0 Å². The zero-order chi connectivity index (χ0) is 10.6. The summed E-state index contributed by atoms with van der Waals surface area (Å²) < 4.78 is -0.0447. The van der Waals surface area contributed by atoms with Crippen molar-refractivity contribution in [2.24, 2.45) is 5.16 Å². The molecule has 0 aromatic carbocycles. The number of rotatable bonds is 1. The molecule has 1 amide bonds. The van der Waals surface area contributed by atoms with Crippen LogP contribution in [0.15, 0.2) is 5.16 Å². The van der Waals surface area contributed by atoms with Gasteiger partial charge in [0.15, 0.2) is 0 Å². The summed E-state index contributed by atoms with van der Waals surface area (Å²) in [5, 5.41) is 7.07. The molecule has 1 aliphatic heterocycles. The maximum atomic E-state index is 10.8. The van der Waals surface area contributed by atoms with Gasteiger partial charge in [-0.05, 0) is 13.8 Å². The van der Waals surface area contributed by atoms with Crippen LogP contribution in [0.3, 0.4) is 0 Å². The van der Waals surface area contributed by atoms with Crippen molar-refractivity contribution in [2.45, 2.75) is 18.6 Å². The first-order valence-electron chi connectivity index (χ1n) is 4.30. The predicted octanol–water partition coefficient (Wildman–Crippen LogP) is 1.91. The van der Waals surface area contributed by atoms with Crippen LogP contribution >= 0.6 is 23.5 Å². The molecule has 0 unspecified atom stereocenters. The topological polar surface area (TPSA) is 50.7 Å². The summed E-state index contributed by atoms with van der Waals surface area (Å²) in [5.41, 5.74) is 0. The molecule has 1 aliphatic rings. The number of oxime groups is 1. The molecule has 1 rings (SSSR count). The Morgan fingerprint density at radius 2 is 2.29 bits per heavy atom. The second-order valence-electron chi connectivity index (χ2n) is 3.23. The fraction of sp³-hybridized carbons (Fsp3) is 0.750. The molecule has 1 saturated heterocycles. The van der Waals surface area contributed by atoms with Crippen LogP contribution in [0.2, 0.25) is 0 Å². The summed E-state index contributed by atoms with van der Waals surface area (Å²) >= 11 is 3.47. The third-order valence-corrected chi connectivity index (χ3v) is 4.69. The number of nitrogens with zero attached hydrogens (tertiary/aromatic N) is 1. The average molecular weight is 234 g/mol. The minimum absolute atomic E-state index is 0.0447. The highest BCUT2D eigenvalue weighted by atomic mass is 32.2. The Balaban J connectivity index is 2.60. The molecule has 6 heteroatoms. The first kappa shape index (κ1) is 11.7. The number of carbonyl (C=O) groups excluding carboxylic acids is 1. The summed E-state index contributed by atoms with van der Waals surface area (Å²) in [5.74, 6) is 2.13. The van der Waals surface area contributed by atoms with Crippen LogP contribution in [0.5, 0.6) is 0 Å². The molecule has 0 aromatic rings. The van der Waals surface area contributed by atoms with Gasteiger partial charge in [-0.2, -0.15) is 0 Å². The molecule has 0 spiro atoms. The Kier molecular flexibility index (Phi) is 4.12. The highest BCUT2D eigenvalue weighted by Crippen LogP contribution is 2.36. The van der Waals surface area contributed by atoms with E-state index >= 15 is 0 Å². The van der Waals surface area contributed by atoms with Crippen molar-refractivity contribution in [3.63, 3.8) is 0 Å². The summed E-state index contributed by atoms with van der Waals surface area (Å²) in [4.78, 5) is 15.5. The van der Waals surface area contributed by atoms with Gasteiger partial charge in [0.05, 0.1) is 4.75 Å². The molecule has 0 radical (unpaired) electrons. The van der Waals surface area contributed by atoms with Gasteiger partial charge in [-0.25, -0.2) is 4.79 Å². The molecule has 14 heavy (non-hydrogen) atoms. The van der Waals surface area contributed by atoms with Gasteiger partial charge in [-0.15, -0.1) is 23.5 Å². The van der Waals surface area contributed by atoms with Gasteiger partial charge in [-0.3, -0.25) is 4.84 Å². The molecule has 80 valence electrons. The van der Waals surface area contributed by atoms with Gasteiger partial charge in [-0.1, -0.05) is 5.16 Å². The van der Waals surface area contributed by atoms with E-state index in [1.807, 2.05) is 11.8 Å². The Morgan fingerprint density at radius 1 is 1.57 bits per heavy atom. The molecule has 0 atom stereocenters. The monoisotopic (exact) mass is 234 g/mol. The number of hydrogen-bond acceptors (Lipinski definition) is 5. The maximum Gasteiger partial charge on any atom is 0.433 e. The second-order valence-corrected chi connectivity index (χ2v) is 6.03. The van der Waals surface area contributed by atoms with E-state index in [0.29, 0.717) is 0 Å².